The molecular formula is C19H14N2O4. The van der Waals surface area contributed by atoms with Gasteiger partial charge in [-0.3, -0.25) is 4.98 Å². The van der Waals surface area contributed by atoms with Gasteiger partial charge in [0.1, 0.15) is 5.57 Å². The summed E-state index contributed by atoms with van der Waals surface area (Å²) in [5, 5.41) is 8.95. The molecule has 1 saturated heterocycles. The van der Waals surface area contributed by atoms with Crippen molar-refractivity contribution in [3.63, 3.8) is 0 Å². The van der Waals surface area contributed by atoms with Gasteiger partial charge in [-0.05, 0) is 23.8 Å². The maximum Gasteiger partial charge on any atom is 0.348 e. The van der Waals surface area contributed by atoms with Crippen LogP contribution in [0.1, 0.15) is 25.0 Å². The number of carbonyl (C=O) groups excluding carboxylic acids is 2. The summed E-state index contributed by atoms with van der Waals surface area (Å²) in [6.07, 6.45) is 2.99. The van der Waals surface area contributed by atoms with Crippen molar-refractivity contribution in [2.75, 3.05) is 0 Å². The van der Waals surface area contributed by atoms with Crippen LogP contribution in [0.3, 0.4) is 0 Å². The maximum absolute atomic E-state index is 12.0. The molecule has 0 amide bonds. The number of ether oxygens (including phenoxy) is 2. The Kier molecular flexibility index (Phi) is 4.07. The fraction of sp³-hybridized carbons (Fsp3) is 0.158. The first-order valence-corrected chi connectivity index (χ1v) is 7.53. The quantitative estimate of drug-likeness (QED) is 0.476. The van der Waals surface area contributed by atoms with Crippen molar-refractivity contribution in [2.24, 2.45) is 0 Å². The molecule has 0 N–H and O–H groups in total. The van der Waals surface area contributed by atoms with E-state index in [1.165, 1.54) is 19.9 Å². The van der Waals surface area contributed by atoms with Gasteiger partial charge in [0, 0.05) is 25.6 Å². The summed E-state index contributed by atoms with van der Waals surface area (Å²) < 4.78 is 10.1. The van der Waals surface area contributed by atoms with Crippen LogP contribution in [0.15, 0.2) is 48.2 Å². The molecule has 0 atom stereocenters. The molecule has 1 aliphatic rings. The Bertz CT molecular complexity index is 899. The fourth-order valence-electron chi connectivity index (χ4n) is 2.35. The third-order valence-corrected chi connectivity index (χ3v) is 3.52. The molecule has 0 saturated carbocycles. The van der Waals surface area contributed by atoms with Gasteiger partial charge in [-0.2, -0.15) is 5.26 Å². The Labute approximate surface area is 144 Å². The van der Waals surface area contributed by atoms with Gasteiger partial charge in [0.25, 0.3) is 5.79 Å². The van der Waals surface area contributed by atoms with Crippen molar-refractivity contribution >= 4 is 18.0 Å². The Balaban J connectivity index is 1.87. The highest BCUT2D eigenvalue weighted by Crippen LogP contribution is 2.25. The van der Waals surface area contributed by atoms with Crippen LogP contribution in [0.25, 0.3) is 17.3 Å². The summed E-state index contributed by atoms with van der Waals surface area (Å²) in [6, 6.07) is 12.4. The predicted molar refractivity (Wildman–Crippen MR) is 88.6 cm³/mol. The van der Waals surface area contributed by atoms with Crippen molar-refractivity contribution in [1.29, 1.82) is 5.26 Å². The molecule has 2 heterocycles. The zero-order valence-electron chi connectivity index (χ0n) is 13.6. The lowest BCUT2D eigenvalue weighted by Gasteiger charge is -2.29. The smallest absolute Gasteiger partial charge is 0.348 e. The number of cyclic esters (lactones) is 2. The van der Waals surface area contributed by atoms with Gasteiger partial charge in [0.05, 0.1) is 17.3 Å². The molecule has 2 aromatic rings. The molecule has 1 aromatic heterocycles. The van der Waals surface area contributed by atoms with Crippen LogP contribution in [0.2, 0.25) is 0 Å². The van der Waals surface area contributed by atoms with Crippen LogP contribution >= 0.6 is 0 Å². The zero-order valence-corrected chi connectivity index (χ0v) is 13.6. The van der Waals surface area contributed by atoms with Crippen molar-refractivity contribution < 1.29 is 19.1 Å². The maximum atomic E-state index is 12.0. The summed E-state index contributed by atoms with van der Waals surface area (Å²) in [6.45, 7) is 2.99. The van der Waals surface area contributed by atoms with Gasteiger partial charge in [-0.25, -0.2) is 9.59 Å². The van der Waals surface area contributed by atoms with Crippen LogP contribution in [-0.2, 0) is 19.1 Å². The van der Waals surface area contributed by atoms with E-state index in [9.17, 15) is 9.59 Å². The molecule has 0 unspecified atom stereocenters. The van der Waals surface area contributed by atoms with Gasteiger partial charge in [-0.15, -0.1) is 0 Å². The molecule has 25 heavy (non-hydrogen) atoms. The van der Waals surface area contributed by atoms with Crippen LogP contribution in [0.4, 0.5) is 0 Å². The van der Waals surface area contributed by atoms with E-state index in [-0.39, 0.29) is 5.57 Å². The van der Waals surface area contributed by atoms with Crippen LogP contribution in [0.5, 0.6) is 0 Å². The average molecular weight is 334 g/mol. The summed E-state index contributed by atoms with van der Waals surface area (Å²) in [7, 11) is 0. The number of aromatic nitrogens is 1. The second-order valence-corrected chi connectivity index (χ2v) is 5.90. The van der Waals surface area contributed by atoms with E-state index in [1.54, 1.807) is 42.6 Å². The lowest BCUT2D eigenvalue weighted by atomic mass is 10.0. The summed E-state index contributed by atoms with van der Waals surface area (Å²) in [5.41, 5.74) is 2.48. The summed E-state index contributed by atoms with van der Waals surface area (Å²) in [5.74, 6) is -2.69. The minimum Gasteiger partial charge on any atom is -0.419 e. The Morgan fingerprint density at radius 2 is 1.72 bits per heavy atom. The Hall–Kier alpha value is -3.46. The number of rotatable bonds is 2. The first-order valence-electron chi connectivity index (χ1n) is 7.53. The number of hydrogen-bond donors (Lipinski definition) is 0. The van der Waals surface area contributed by atoms with Crippen molar-refractivity contribution in [1.82, 2.24) is 4.98 Å². The highest BCUT2D eigenvalue weighted by molar-refractivity contribution is 6.18. The van der Waals surface area contributed by atoms with E-state index in [0.29, 0.717) is 16.8 Å². The molecule has 0 aliphatic carbocycles. The van der Waals surface area contributed by atoms with E-state index in [1.807, 2.05) is 0 Å². The molecule has 0 bridgehead atoms. The number of pyridine rings is 1. The second-order valence-electron chi connectivity index (χ2n) is 5.90. The SMILES string of the molecule is CC1(C)OC(=O)C(=Cc2ccc(-c3cc(C#N)ccn3)cc2)C(=O)O1. The van der Waals surface area contributed by atoms with E-state index >= 15 is 0 Å². The molecule has 0 spiro atoms. The van der Waals surface area contributed by atoms with Crippen LogP contribution in [-0.4, -0.2) is 22.7 Å². The van der Waals surface area contributed by atoms with E-state index in [2.05, 4.69) is 11.1 Å². The second kappa shape index (κ2) is 6.21. The number of esters is 2. The molecule has 6 nitrogen and oxygen atoms in total. The molecular weight excluding hydrogens is 320 g/mol. The van der Waals surface area contributed by atoms with Gasteiger partial charge in [0.2, 0.25) is 0 Å². The van der Waals surface area contributed by atoms with Crippen LogP contribution < -0.4 is 0 Å². The standard InChI is InChI=1S/C19H14N2O4/c1-19(2)24-17(22)15(18(23)25-19)9-12-3-5-14(6-4-12)16-10-13(11-20)7-8-21-16/h3-10H,1-2H3. The monoisotopic (exact) mass is 334 g/mol. The molecule has 1 aliphatic heterocycles. The lowest BCUT2D eigenvalue weighted by Crippen LogP contribution is -2.41. The Morgan fingerprint density at radius 3 is 2.32 bits per heavy atom. The summed E-state index contributed by atoms with van der Waals surface area (Å²) >= 11 is 0. The third-order valence-electron chi connectivity index (χ3n) is 3.52. The number of carbonyl (C=O) groups is 2. The van der Waals surface area contributed by atoms with E-state index in [0.717, 1.165) is 5.56 Å². The number of nitriles is 1. The highest BCUT2D eigenvalue weighted by atomic mass is 16.7. The van der Waals surface area contributed by atoms with Crippen molar-refractivity contribution in [3.8, 4) is 17.3 Å². The predicted octanol–water partition coefficient (Wildman–Crippen LogP) is 2.84. The van der Waals surface area contributed by atoms with Gasteiger partial charge < -0.3 is 9.47 Å². The Morgan fingerprint density at radius 1 is 1.08 bits per heavy atom. The lowest BCUT2D eigenvalue weighted by molar-refractivity contribution is -0.222. The number of hydrogen-bond acceptors (Lipinski definition) is 6. The van der Waals surface area contributed by atoms with Crippen molar-refractivity contribution in [3.05, 3.63) is 59.3 Å². The number of nitrogens with zero attached hydrogens (tertiary/aromatic N) is 2. The molecule has 124 valence electrons. The molecule has 0 radical (unpaired) electrons. The number of benzene rings is 1. The molecule has 1 fully saturated rings. The third kappa shape index (κ3) is 3.56. The topological polar surface area (TPSA) is 89.3 Å². The van der Waals surface area contributed by atoms with Crippen LogP contribution in [0, 0.1) is 11.3 Å². The first kappa shape index (κ1) is 16.4. The van der Waals surface area contributed by atoms with Crippen molar-refractivity contribution in [2.45, 2.75) is 19.6 Å². The fourth-order valence-corrected chi connectivity index (χ4v) is 2.35. The molecule has 6 heteroatoms. The van der Waals surface area contributed by atoms with E-state index < -0.39 is 17.7 Å². The molecule has 1 aromatic carbocycles. The zero-order chi connectivity index (χ0) is 18.0. The summed E-state index contributed by atoms with van der Waals surface area (Å²) in [4.78, 5) is 28.1. The van der Waals surface area contributed by atoms with Gasteiger partial charge in [0.15, 0.2) is 0 Å². The van der Waals surface area contributed by atoms with Gasteiger partial charge in [-0.1, -0.05) is 24.3 Å². The highest BCUT2D eigenvalue weighted by Gasteiger charge is 2.38. The first-order chi connectivity index (χ1) is 11.9. The minimum atomic E-state index is -1.26. The normalized spacial score (nSPS) is 15.8. The average Bonchev–Trinajstić information content (AvgIpc) is 2.58. The van der Waals surface area contributed by atoms with Gasteiger partial charge >= 0.3 is 11.9 Å². The molecule has 3 rings (SSSR count). The van der Waals surface area contributed by atoms with E-state index in [4.69, 9.17) is 14.7 Å². The minimum absolute atomic E-state index is 0.156. The largest absolute Gasteiger partial charge is 0.419 e.